The number of carbonyl (C=O) groups is 1. The van der Waals surface area contributed by atoms with E-state index in [1.165, 1.54) is 20.3 Å². The minimum absolute atomic E-state index is 0. The second-order valence-corrected chi connectivity index (χ2v) is 4.70. The molecule has 1 aliphatic rings. The molecule has 0 saturated carbocycles. The van der Waals surface area contributed by atoms with Crippen LogP contribution in [0.5, 0.6) is 11.5 Å². The molecule has 0 bridgehead atoms. The summed E-state index contributed by atoms with van der Waals surface area (Å²) in [6, 6.07) is 2.55. The average Bonchev–Trinajstić information content (AvgIpc) is 2.47. The monoisotopic (exact) mass is 318 g/mol. The lowest BCUT2D eigenvalue weighted by molar-refractivity contribution is 0.0926. The molecule has 0 aliphatic carbocycles. The third kappa shape index (κ3) is 4.22. The predicted octanol–water partition coefficient (Wildman–Crippen LogP) is 1.75. The smallest absolute Gasteiger partial charge is 0.254 e. The Morgan fingerprint density at radius 1 is 1.33 bits per heavy atom. The molecule has 1 heterocycles. The van der Waals surface area contributed by atoms with Crippen molar-refractivity contribution in [3.05, 3.63) is 23.5 Å². The zero-order valence-corrected chi connectivity index (χ0v) is 12.9. The van der Waals surface area contributed by atoms with Gasteiger partial charge in [0.25, 0.3) is 5.91 Å². The van der Waals surface area contributed by atoms with Gasteiger partial charge in [0.05, 0.1) is 19.8 Å². The van der Waals surface area contributed by atoms with Crippen molar-refractivity contribution in [2.24, 2.45) is 0 Å². The second-order valence-electron chi connectivity index (χ2n) is 4.70. The molecule has 2 rings (SSSR count). The molecule has 1 aromatic rings. The molecule has 1 atom stereocenters. The number of halogens is 2. The molecule has 0 unspecified atom stereocenters. The van der Waals surface area contributed by atoms with Crippen LogP contribution in [0, 0.1) is 5.82 Å². The third-order valence-electron chi connectivity index (χ3n) is 3.35. The van der Waals surface area contributed by atoms with Crippen LogP contribution in [0.1, 0.15) is 23.2 Å². The minimum atomic E-state index is -0.621. The summed E-state index contributed by atoms with van der Waals surface area (Å²) in [6.07, 6.45) is 1.90. The molecular weight excluding hydrogens is 299 g/mol. The fraction of sp³-hybridized carbons (Fsp3) is 0.500. The average molecular weight is 319 g/mol. The first kappa shape index (κ1) is 17.5. The SMILES string of the molecule is COc1cc(F)c(C(=O)N[C@H]2CCCNC2)cc1OC.Cl. The highest BCUT2D eigenvalue weighted by atomic mass is 35.5. The molecule has 2 N–H and O–H groups in total. The molecule has 1 saturated heterocycles. The van der Waals surface area contributed by atoms with Crippen LogP contribution < -0.4 is 20.1 Å². The van der Waals surface area contributed by atoms with E-state index in [1.54, 1.807) is 0 Å². The number of piperidine rings is 1. The summed E-state index contributed by atoms with van der Waals surface area (Å²) in [5, 5.41) is 6.02. The maximum absolute atomic E-state index is 13.9. The Bertz CT molecular complexity index is 493. The number of nitrogens with one attached hydrogen (secondary N) is 2. The van der Waals surface area contributed by atoms with Crippen LogP contribution in [-0.4, -0.2) is 39.3 Å². The van der Waals surface area contributed by atoms with Gasteiger partial charge in [0, 0.05) is 18.7 Å². The van der Waals surface area contributed by atoms with Crippen molar-refractivity contribution in [1.82, 2.24) is 10.6 Å². The molecule has 0 aromatic heterocycles. The predicted molar refractivity (Wildman–Crippen MR) is 80.1 cm³/mol. The molecule has 0 radical (unpaired) electrons. The summed E-state index contributed by atoms with van der Waals surface area (Å²) in [4.78, 5) is 12.1. The van der Waals surface area contributed by atoms with Gasteiger partial charge >= 0.3 is 0 Å². The summed E-state index contributed by atoms with van der Waals surface area (Å²) in [7, 11) is 2.87. The van der Waals surface area contributed by atoms with Crippen LogP contribution >= 0.6 is 12.4 Å². The summed E-state index contributed by atoms with van der Waals surface area (Å²) < 4.78 is 24.0. The van der Waals surface area contributed by atoms with Crippen LogP contribution in [0.4, 0.5) is 4.39 Å². The number of methoxy groups -OCH3 is 2. The van der Waals surface area contributed by atoms with Gasteiger partial charge in [-0.1, -0.05) is 0 Å². The standard InChI is InChI=1S/C14H19FN2O3.ClH/c1-19-12-6-10(11(15)7-13(12)20-2)14(18)17-9-4-3-5-16-8-9;/h6-7,9,16H,3-5,8H2,1-2H3,(H,17,18);1H/t9-;/m0./s1. The highest BCUT2D eigenvalue weighted by molar-refractivity contribution is 5.95. The van der Waals surface area contributed by atoms with Crippen molar-refractivity contribution in [2.75, 3.05) is 27.3 Å². The Kier molecular flexibility index (Phi) is 6.71. The first-order valence-corrected chi connectivity index (χ1v) is 6.58. The van der Waals surface area contributed by atoms with Crippen molar-refractivity contribution in [3.63, 3.8) is 0 Å². The van der Waals surface area contributed by atoms with Crippen molar-refractivity contribution < 1.29 is 18.7 Å². The van der Waals surface area contributed by atoms with E-state index in [2.05, 4.69) is 10.6 Å². The molecule has 21 heavy (non-hydrogen) atoms. The highest BCUT2D eigenvalue weighted by Gasteiger charge is 2.21. The fourth-order valence-electron chi connectivity index (χ4n) is 2.27. The van der Waals surface area contributed by atoms with Crippen LogP contribution in [0.2, 0.25) is 0 Å². The lowest BCUT2D eigenvalue weighted by atomic mass is 10.1. The Morgan fingerprint density at radius 3 is 2.57 bits per heavy atom. The molecule has 0 spiro atoms. The molecule has 1 fully saturated rings. The van der Waals surface area contributed by atoms with E-state index < -0.39 is 11.7 Å². The zero-order chi connectivity index (χ0) is 14.5. The maximum Gasteiger partial charge on any atom is 0.254 e. The van der Waals surface area contributed by atoms with Gasteiger partial charge in [-0.3, -0.25) is 4.79 Å². The topological polar surface area (TPSA) is 59.6 Å². The quantitative estimate of drug-likeness (QED) is 0.888. The van der Waals surface area contributed by atoms with Crippen molar-refractivity contribution in [3.8, 4) is 11.5 Å². The first-order chi connectivity index (χ1) is 9.65. The van der Waals surface area contributed by atoms with Crippen LogP contribution in [0.3, 0.4) is 0 Å². The Morgan fingerprint density at radius 2 is 2.00 bits per heavy atom. The van der Waals surface area contributed by atoms with Crippen LogP contribution in [0.15, 0.2) is 12.1 Å². The largest absolute Gasteiger partial charge is 0.493 e. The molecule has 7 heteroatoms. The third-order valence-corrected chi connectivity index (χ3v) is 3.35. The van der Waals surface area contributed by atoms with Crippen LogP contribution in [-0.2, 0) is 0 Å². The molecule has 118 valence electrons. The van der Waals surface area contributed by atoms with E-state index in [1.807, 2.05) is 0 Å². The highest BCUT2D eigenvalue weighted by Crippen LogP contribution is 2.29. The van der Waals surface area contributed by atoms with Gasteiger partial charge in [-0.15, -0.1) is 12.4 Å². The van der Waals surface area contributed by atoms with Crippen LogP contribution in [0.25, 0.3) is 0 Å². The molecule has 1 aliphatic heterocycles. The van der Waals surface area contributed by atoms with E-state index in [0.717, 1.165) is 25.5 Å². The van der Waals surface area contributed by atoms with Gasteiger partial charge in [-0.2, -0.15) is 0 Å². The van der Waals surface area contributed by atoms with Gasteiger partial charge in [0.1, 0.15) is 5.82 Å². The lowest BCUT2D eigenvalue weighted by Gasteiger charge is -2.24. The summed E-state index contributed by atoms with van der Waals surface area (Å²) in [6.45, 7) is 1.66. The van der Waals surface area contributed by atoms with Gasteiger partial charge in [0.15, 0.2) is 11.5 Å². The number of benzene rings is 1. The summed E-state index contributed by atoms with van der Waals surface area (Å²) >= 11 is 0. The van der Waals surface area contributed by atoms with Crippen molar-refractivity contribution >= 4 is 18.3 Å². The number of hydrogen-bond acceptors (Lipinski definition) is 4. The molecular formula is C14H20ClFN2O3. The Hall–Kier alpha value is -1.53. The molecule has 1 amide bonds. The summed E-state index contributed by atoms with van der Waals surface area (Å²) in [5.41, 5.74) is -0.0341. The maximum atomic E-state index is 13.9. The molecule has 5 nitrogen and oxygen atoms in total. The Balaban J connectivity index is 0.00000220. The van der Waals surface area contributed by atoms with E-state index in [0.29, 0.717) is 12.3 Å². The van der Waals surface area contributed by atoms with E-state index >= 15 is 0 Å². The van der Waals surface area contributed by atoms with Gasteiger partial charge < -0.3 is 20.1 Å². The van der Waals surface area contributed by atoms with Gasteiger partial charge in [0.2, 0.25) is 0 Å². The Labute approximate surface area is 129 Å². The fourth-order valence-corrected chi connectivity index (χ4v) is 2.27. The number of amides is 1. The van der Waals surface area contributed by atoms with E-state index in [9.17, 15) is 9.18 Å². The van der Waals surface area contributed by atoms with E-state index in [-0.39, 0.29) is 29.8 Å². The number of hydrogen-bond donors (Lipinski definition) is 2. The molecule has 1 aromatic carbocycles. The van der Waals surface area contributed by atoms with Crippen molar-refractivity contribution in [2.45, 2.75) is 18.9 Å². The zero-order valence-electron chi connectivity index (χ0n) is 12.1. The van der Waals surface area contributed by atoms with Gasteiger partial charge in [-0.25, -0.2) is 4.39 Å². The van der Waals surface area contributed by atoms with E-state index in [4.69, 9.17) is 9.47 Å². The van der Waals surface area contributed by atoms with Crippen molar-refractivity contribution in [1.29, 1.82) is 0 Å². The number of carbonyl (C=O) groups excluding carboxylic acids is 1. The second kappa shape index (κ2) is 8.05. The minimum Gasteiger partial charge on any atom is -0.493 e. The first-order valence-electron chi connectivity index (χ1n) is 6.58. The number of ether oxygens (including phenoxy) is 2. The lowest BCUT2D eigenvalue weighted by Crippen LogP contribution is -2.45. The van der Waals surface area contributed by atoms with Gasteiger partial charge in [-0.05, 0) is 25.5 Å². The normalized spacial score (nSPS) is 17.6. The number of rotatable bonds is 4. The summed E-state index contributed by atoms with van der Waals surface area (Å²) in [5.74, 6) is -0.456.